The van der Waals surface area contributed by atoms with Crippen molar-refractivity contribution in [1.29, 1.82) is 0 Å². The largest absolute Gasteiger partial charge is 0.497 e. The molecule has 0 aromatic heterocycles. The predicted octanol–water partition coefficient (Wildman–Crippen LogP) is 9.39. The summed E-state index contributed by atoms with van der Waals surface area (Å²) in [6, 6.07) is 47.4. The summed E-state index contributed by atoms with van der Waals surface area (Å²) in [4.78, 5) is 95.9. The van der Waals surface area contributed by atoms with Gasteiger partial charge in [-0.25, -0.2) is 0 Å². The van der Waals surface area contributed by atoms with Gasteiger partial charge in [0.2, 0.25) is 41.4 Å². The van der Waals surface area contributed by atoms with Gasteiger partial charge in [0, 0.05) is 79.8 Å². The third-order valence-electron chi connectivity index (χ3n) is 18.4. The van der Waals surface area contributed by atoms with E-state index in [2.05, 4.69) is 22.8 Å². The number of nitrogens with zero attached hydrogens (tertiary/aromatic N) is 5. The third kappa shape index (κ3) is 9.96. The summed E-state index contributed by atoms with van der Waals surface area (Å²) >= 11 is 0. The van der Waals surface area contributed by atoms with Gasteiger partial charge in [-0.1, -0.05) is 145 Å². The number of nitrogens with one attached hydrogen (secondary N) is 2. The maximum atomic E-state index is 13.4. The van der Waals surface area contributed by atoms with Gasteiger partial charge in [-0.15, -0.1) is 0 Å². The highest BCUT2D eigenvalue weighted by atomic mass is 16.5. The predicted molar refractivity (Wildman–Crippen MR) is 326 cm³/mol. The normalized spacial score (nSPS) is 18.6. The topological polar surface area (TPSA) is 178 Å². The summed E-state index contributed by atoms with van der Waals surface area (Å²) in [5, 5.41) is 5.80. The van der Waals surface area contributed by atoms with Gasteiger partial charge in [-0.2, -0.15) is 0 Å². The number of carbonyl (C=O) groups is 7. The van der Waals surface area contributed by atoms with Gasteiger partial charge in [-0.3, -0.25) is 33.6 Å². The second-order valence-corrected chi connectivity index (χ2v) is 24.7. The molecule has 3 saturated heterocycles. The number of methoxy groups -OCH3 is 2. The Morgan fingerprint density at radius 2 is 0.741 bits per heavy atom. The van der Waals surface area contributed by atoms with E-state index in [1.54, 1.807) is 28.9 Å². The second kappa shape index (κ2) is 22.7. The van der Waals surface area contributed by atoms with E-state index in [1.165, 1.54) is 5.56 Å². The molecule has 440 valence electrons. The molecule has 0 bridgehead atoms. The number of hydrogen-bond acceptors (Lipinski definition) is 9. The fraction of sp³-hybridized carbons (Fsp3) is 0.377. The molecule has 7 aliphatic heterocycles. The Hall–Kier alpha value is -8.79. The van der Waals surface area contributed by atoms with Crippen LogP contribution in [0.1, 0.15) is 94.2 Å². The zero-order chi connectivity index (χ0) is 60.2. The first kappa shape index (κ1) is 58.0. The lowest BCUT2D eigenvalue weighted by molar-refractivity contribution is -0.147. The van der Waals surface area contributed by atoms with E-state index < -0.39 is 16.2 Å². The first-order valence-electron chi connectivity index (χ1n) is 29.6. The van der Waals surface area contributed by atoms with Crippen molar-refractivity contribution < 1.29 is 43.0 Å². The Labute approximate surface area is 497 Å². The smallest absolute Gasteiger partial charge is 0.241 e. The number of rotatable bonds is 9. The van der Waals surface area contributed by atoms with Crippen LogP contribution in [0.2, 0.25) is 0 Å². The monoisotopic (exact) mass is 1150 g/mol. The molecule has 14 rings (SSSR count). The first-order valence-corrected chi connectivity index (χ1v) is 29.6. The van der Waals surface area contributed by atoms with Crippen LogP contribution in [-0.2, 0) is 68.3 Å². The van der Waals surface area contributed by atoms with E-state index in [-0.39, 0.29) is 64.5 Å². The molecule has 85 heavy (non-hydrogen) atoms. The average molecular weight is 1150 g/mol. The molecule has 7 amide bonds. The molecule has 2 N–H and O–H groups in total. The summed E-state index contributed by atoms with van der Waals surface area (Å²) < 4.78 is 10.4. The lowest BCUT2D eigenvalue weighted by Gasteiger charge is -2.47. The molecule has 8 aliphatic rings. The number of benzene rings is 6. The van der Waals surface area contributed by atoms with Gasteiger partial charge >= 0.3 is 0 Å². The van der Waals surface area contributed by atoms with Crippen LogP contribution < -0.4 is 29.9 Å². The number of ether oxygens (including phenoxy) is 2. The number of fused-ring (bicyclic) bond motifs is 8. The summed E-state index contributed by atoms with van der Waals surface area (Å²) in [5.41, 5.74) is 8.49. The van der Waals surface area contributed by atoms with E-state index in [9.17, 15) is 33.6 Å². The lowest BCUT2D eigenvalue weighted by Crippen LogP contribution is -2.65. The van der Waals surface area contributed by atoms with Crippen molar-refractivity contribution in [2.45, 2.75) is 95.6 Å². The van der Waals surface area contributed by atoms with Crippen molar-refractivity contribution in [3.8, 4) is 11.5 Å². The molecule has 0 unspecified atom stereocenters. The van der Waals surface area contributed by atoms with Crippen molar-refractivity contribution in [3.63, 3.8) is 0 Å². The maximum absolute atomic E-state index is 13.4. The highest BCUT2D eigenvalue weighted by Gasteiger charge is 2.60. The summed E-state index contributed by atoms with van der Waals surface area (Å²) in [5.74, 6) is 2.33. The SMILES string of the molecule is CC(C)C(=O)N1CC2(C1)C(=O)Nc1ccccc12.CC(C)C(=O)N1CC2(C1)C(=O)Nc1ccccc12.COc1ccc(CN2C(=O)C3(CCC3)c3ccccc32)cc1.COc1ccc(CN2C(=O)C3(CN(C(=O)C(C)C)C3)c3ccccc32)cc1. The fourth-order valence-corrected chi connectivity index (χ4v) is 13.4. The Balaban J connectivity index is 0.000000120. The summed E-state index contributed by atoms with van der Waals surface area (Å²) in [7, 11) is 3.30. The van der Waals surface area contributed by atoms with Crippen LogP contribution >= 0.6 is 0 Å². The number of para-hydroxylation sites is 4. The van der Waals surface area contributed by atoms with E-state index in [4.69, 9.17) is 9.47 Å². The van der Waals surface area contributed by atoms with Crippen molar-refractivity contribution in [2.24, 2.45) is 17.8 Å². The molecule has 6 aromatic rings. The Kier molecular flexibility index (Phi) is 15.5. The number of amides is 7. The molecular formula is C69H75N7O9. The zero-order valence-corrected chi connectivity index (χ0v) is 49.8. The molecule has 6 aromatic carbocycles. The molecular weight excluding hydrogens is 1070 g/mol. The van der Waals surface area contributed by atoms with Gasteiger partial charge in [0.1, 0.15) is 27.7 Å². The van der Waals surface area contributed by atoms with Gasteiger partial charge in [0.15, 0.2) is 0 Å². The van der Waals surface area contributed by atoms with E-state index >= 15 is 0 Å². The van der Waals surface area contributed by atoms with Crippen molar-refractivity contribution in [1.82, 2.24) is 14.7 Å². The molecule has 0 radical (unpaired) electrons. The van der Waals surface area contributed by atoms with Crippen LogP contribution in [0, 0.1) is 17.8 Å². The molecule has 4 fully saturated rings. The minimum absolute atomic E-state index is 0.0120. The van der Waals surface area contributed by atoms with Crippen LogP contribution in [0.5, 0.6) is 11.5 Å². The standard InChI is InChI=1S/C22H24N2O3.C19H19NO2.2C14H16N2O2/c1-15(2)20(25)23-13-22(14-23)18-6-4-5-7-19(18)24(21(22)26)12-16-8-10-17(27-3)11-9-16;1-22-15-9-7-14(8-10-15)13-20-17-6-3-2-5-16(17)19(18(20)21)11-4-12-19;2*1-9(2)12(17)16-7-14(8-16)10-5-3-4-6-11(10)15-13(14)18/h4-11,15H,12-14H2,1-3H3;2-3,5-10H,4,11-13H2,1H3;2*3-6,9H,7-8H2,1-2H3,(H,15,18). The van der Waals surface area contributed by atoms with Crippen LogP contribution in [0.4, 0.5) is 22.7 Å². The highest BCUT2D eigenvalue weighted by Crippen LogP contribution is 2.54. The molecule has 7 heterocycles. The van der Waals surface area contributed by atoms with Gasteiger partial charge < -0.3 is 44.6 Å². The van der Waals surface area contributed by atoms with Crippen LogP contribution in [0.25, 0.3) is 0 Å². The molecule has 1 saturated carbocycles. The van der Waals surface area contributed by atoms with E-state index in [0.717, 1.165) is 81.3 Å². The number of carbonyl (C=O) groups excluding carboxylic acids is 7. The quantitative estimate of drug-likeness (QED) is 0.143. The second-order valence-electron chi connectivity index (χ2n) is 24.7. The van der Waals surface area contributed by atoms with Crippen molar-refractivity contribution in [2.75, 3.05) is 73.9 Å². The molecule has 16 nitrogen and oxygen atoms in total. The zero-order valence-electron chi connectivity index (χ0n) is 49.8. The summed E-state index contributed by atoms with van der Waals surface area (Å²) in [6.07, 6.45) is 3.13. The summed E-state index contributed by atoms with van der Waals surface area (Å²) in [6.45, 7) is 15.4. The van der Waals surface area contributed by atoms with Crippen LogP contribution in [-0.4, -0.2) is 110 Å². The van der Waals surface area contributed by atoms with E-state index in [0.29, 0.717) is 52.4 Å². The molecule has 16 heteroatoms. The minimum atomic E-state index is -0.590. The molecule has 1 aliphatic carbocycles. The van der Waals surface area contributed by atoms with Crippen molar-refractivity contribution >= 4 is 64.1 Å². The first-order chi connectivity index (χ1) is 40.8. The van der Waals surface area contributed by atoms with E-state index in [1.807, 2.05) is 185 Å². The van der Waals surface area contributed by atoms with Gasteiger partial charge in [-0.05, 0) is 94.8 Å². The maximum Gasteiger partial charge on any atom is 0.241 e. The van der Waals surface area contributed by atoms with Gasteiger partial charge in [0.05, 0.1) is 32.7 Å². The van der Waals surface area contributed by atoms with Crippen molar-refractivity contribution in [3.05, 3.63) is 179 Å². The lowest BCUT2D eigenvalue weighted by atomic mass is 9.65. The molecule has 0 atom stereocenters. The highest BCUT2D eigenvalue weighted by molar-refractivity contribution is 6.11. The Morgan fingerprint density at radius 3 is 1.08 bits per heavy atom. The number of hydrogen-bond donors (Lipinski definition) is 2. The fourth-order valence-electron chi connectivity index (χ4n) is 13.4. The minimum Gasteiger partial charge on any atom is -0.497 e. The third-order valence-corrected chi connectivity index (χ3v) is 18.4. The van der Waals surface area contributed by atoms with Crippen LogP contribution in [0.15, 0.2) is 146 Å². The average Bonchev–Trinajstić information content (AvgIpc) is 1.68. The number of likely N-dealkylation sites (tertiary alicyclic amines) is 3. The van der Waals surface area contributed by atoms with Gasteiger partial charge in [0.25, 0.3) is 0 Å². The number of anilines is 4. The van der Waals surface area contributed by atoms with Crippen LogP contribution in [0.3, 0.4) is 0 Å². The Morgan fingerprint density at radius 1 is 0.424 bits per heavy atom. The molecule has 4 spiro atoms. The Bertz CT molecular complexity index is 3490.